The lowest BCUT2D eigenvalue weighted by molar-refractivity contribution is 0.256. The van der Waals surface area contributed by atoms with Gasteiger partial charge in [0.2, 0.25) is 0 Å². The fourth-order valence-electron chi connectivity index (χ4n) is 2.76. The van der Waals surface area contributed by atoms with E-state index in [9.17, 15) is 8.78 Å². The first-order chi connectivity index (χ1) is 9.75. The van der Waals surface area contributed by atoms with E-state index in [0.717, 1.165) is 32.0 Å². The molecule has 1 aliphatic heterocycles. The van der Waals surface area contributed by atoms with Crippen molar-refractivity contribution in [2.24, 2.45) is 5.92 Å². The molecule has 7 heteroatoms. The molecule has 0 amide bonds. The van der Waals surface area contributed by atoms with Crippen LogP contribution < -0.4 is 5.32 Å². The van der Waals surface area contributed by atoms with Crippen molar-refractivity contribution >= 4 is 0 Å². The minimum atomic E-state index is -0.585. The third-order valence-corrected chi connectivity index (χ3v) is 3.68. The second kappa shape index (κ2) is 5.62. The second-order valence-electron chi connectivity index (χ2n) is 4.97. The number of hydrogen-bond acceptors (Lipinski definition) is 4. The minimum absolute atomic E-state index is 0.151. The fraction of sp³-hybridized carbons (Fsp3) is 0.462. The fourth-order valence-corrected chi connectivity index (χ4v) is 2.76. The first-order valence-corrected chi connectivity index (χ1v) is 6.64. The molecule has 0 saturated carbocycles. The second-order valence-corrected chi connectivity index (χ2v) is 4.97. The molecule has 3 rings (SSSR count). The maximum atomic E-state index is 14.1. The highest BCUT2D eigenvalue weighted by atomic mass is 19.1. The van der Waals surface area contributed by atoms with Gasteiger partial charge < -0.3 is 5.32 Å². The molecule has 2 heterocycles. The van der Waals surface area contributed by atoms with E-state index < -0.39 is 11.6 Å². The van der Waals surface area contributed by atoms with Crippen LogP contribution in [-0.4, -0.2) is 33.3 Å². The van der Waals surface area contributed by atoms with E-state index in [1.165, 1.54) is 23.3 Å². The van der Waals surface area contributed by atoms with Gasteiger partial charge in [-0.25, -0.2) is 8.78 Å². The quantitative estimate of drug-likeness (QED) is 0.926. The molecule has 0 bridgehead atoms. The molecule has 1 aromatic carbocycles. The molecule has 1 aliphatic rings. The van der Waals surface area contributed by atoms with Gasteiger partial charge in [-0.05, 0) is 36.6 Å². The van der Waals surface area contributed by atoms with Gasteiger partial charge in [0.05, 0.1) is 0 Å². The summed E-state index contributed by atoms with van der Waals surface area (Å²) in [5, 5.41) is 14.9. The van der Waals surface area contributed by atoms with Crippen molar-refractivity contribution < 1.29 is 8.78 Å². The number of halogens is 2. The van der Waals surface area contributed by atoms with E-state index in [4.69, 9.17) is 0 Å². The Bertz CT molecular complexity index is 566. The summed E-state index contributed by atoms with van der Waals surface area (Å²) in [5.74, 6) is -1.01. The summed E-state index contributed by atoms with van der Waals surface area (Å²) in [6, 6.07) is 3.26. The smallest absolute Gasteiger partial charge is 0.162 e. The summed E-state index contributed by atoms with van der Waals surface area (Å²) >= 11 is 0. The maximum absolute atomic E-state index is 14.1. The summed E-state index contributed by atoms with van der Waals surface area (Å²) in [5.41, 5.74) is 0.401. The van der Waals surface area contributed by atoms with E-state index in [1.807, 2.05) is 0 Å². The summed E-state index contributed by atoms with van der Waals surface area (Å²) < 4.78 is 27.2. The van der Waals surface area contributed by atoms with Gasteiger partial charge in [-0.3, -0.25) is 0 Å². The van der Waals surface area contributed by atoms with E-state index in [0.29, 0.717) is 5.56 Å². The van der Waals surface area contributed by atoms with E-state index in [-0.39, 0.29) is 12.0 Å². The molecule has 0 aliphatic carbocycles. The minimum Gasteiger partial charge on any atom is -0.316 e. The van der Waals surface area contributed by atoms with Crippen LogP contribution in [0, 0.1) is 17.6 Å². The molecule has 0 spiro atoms. The SMILES string of the molecule is Fc1ccc([C@@H]([C@H]2CCCNC2)n2ncnn2)c(F)c1. The molecule has 2 atom stereocenters. The average molecular weight is 279 g/mol. The Kier molecular flexibility index (Phi) is 3.68. The number of benzene rings is 1. The van der Waals surface area contributed by atoms with Crippen LogP contribution in [0.2, 0.25) is 0 Å². The van der Waals surface area contributed by atoms with Crippen LogP contribution in [0.25, 0.3) is 0 Å². The third kappa shape index (κ3) is 2.53. The molecular weight excluding hydrogens is 264 g/mol. The molecule has 1 aromatic heterocycles. The van der Waals surface area contributed by atoms with Crippen LogP contribution in [0.5, 0.6) is 0 Å². The van der Waals surface area contributed by atoms with Crippen molar-refractivity contribution in [3.05, 3.63) is 41.7 Å². The molecule has 20 heavy (non-hydrogen) atoms. The summed E-state index contributed by atoms with van der Waals surface area (Å²) in [6.07, 6.45) is 3.28. The third-order valence-electron chi connectivity index (χ3n) is 3.68. The Morgan fingerprint density at radius 3 is 2.90 bits per heavy atom. The highest BCUT2D eigenvalue weighted by molar-refractivity contribution is 5.23. The van der Waals surface area contributed by atoms with Gasteiger partial charge in [-0.1, -0.05) is 6.07 Å². The lowest BCUT2D eigenvalue weighted by Crippen LogP contribution is -2.36. The number of tetrazole rings is 1. The van der Waals surface area contributed by atoms with Gasteiger partial charge in [-0.15, -0.1) is 10.2 Å². The Morgan fingerprint density at radius 2 is 2.25 bits per heavy atom. The Labute approximate surface area is 115 Å². The van der Waals surface area contributed by atoms with Crippen molar-refractivity contribution in [2.45, 2.75) is 18.9 Å². The van der Waals surface area contributed by atoms with Crippen LogP contribution >= 0.6 is 0 Å². The maximum Gasteiger partial charge on any atom is 0.162 e. The van der Waals surface area contributed by atoms with Crippen molar-refractivity contribution in [2.75, 3.05) is 13.1 Å². The monoisotopic (exact) mass is 279 g/mol. The molecule has 0 radical (unpaired) electrons. The topological polar surface area (TPSA) is 55.6 Å². The van der Waals surface area contributed by atoms with Crippen molar-refractivity contribution in [3.8, 4) is 0 Å². The van der Waals surface area contributed by atoms with Crippen molar-refractivity contribution in [3.63, 3.8) is 0 Å². The summed E-state index contributed by atoms with van der Waals surface area (Å²) in [4.78, 5) is 1.41. The van der Waals surface area contributed by atoms with Crippen LogP contribution in [-0.2, 0) is 0 Å². The zero-order valence-electron chi connectivity index (χ0n) is 10.8. The lowest BCUT2D eigenvalue weighted by Gasteiger charge is -2.30. The highest BCUT2D eigenvalue weighted by Gasteiger charge is 2.30. The van der Waals surface area contributed by atoms with Crippen LogP contribution in [0.1, 0.15) is 24.4 Å². The number of nitrogens with one attached hydrogen (secondary N) is 1. The molecule has 2 aromatic rings. The Hall–Kier alpha value is -1.89. The number of nitrogens with zero attached hydrogens (tertiary/aromatic N) is 4. The first kappa shape index (κ1) is 13.1. The van der Waals surface area contributed by atoms with Crippen LogP contribution in [0.4, 0.5) is 8.78 Å². The highest BCUT2D eigenvalue weighted by Crippen LogP contribution is 2.31. The van der Waals surface area contributed by atoms with Gasteiger partial charge in [-0.2, -0.15) is 4.80 Å². The zero-order chi connectivity index (χ0) is 13.9. The zero-order valence-corrected chi connectivity index (χ0v) is 10.8. The Morgan fingerprint density at radius 1 is 1.35 bits per heavy atom. The normalized spacial score (nSPS) is 20.8. The molecule has 1 N–H and O–H groups in total. The molecule has 0 unspecified atom stereocenters. The predicted octanol–water partition coefficient (Wildman–Crippen LogP) is 1.54. The van der Waals surface area contributed by atoms with Crippen LogP contribution in [0.3, 0.4) is 0 Å². The summed E-state index contributed by atoms with van der Waals surface area (Å²) in [7, 11) is 0. The number of aromatic nitrogens is 4. The van der Waals surface area contributed by atoms with Crippen molar-refractivity contribution in [1.82, 2.24) is 25.5 Å². The number of hydrogen-bond donors (Lipinski definition) is 1. The van der Waals surface area contributed by atoms with Crippen molar-refractivity contribution in [1.29, 1.82) is 0 Å². The van der Waals surface area contributed by atoms with E-state index in [2.05, 4.69) is 20.7 Å². The van der Waals surface area contributed by atoms with Gasteiger partial charge >= 0.3 is 0 Å². The van der Waals surface area contributed by atoms with E-state index in [1.54, 1.807) is 0 Å². The number of piperidine rings is 1. The van der Waals surface area contributed by atoms with Gasteiger partial charge in [0.15, 0.2) is 6.33 Å². The lowest BCUT2D eigenvalue weighted by atomic mass is 9.87. The standard InChI is InChI=1S/C13H15F2N5/c14-10-3-4-11(12(15)6-10)13(20-18-8-17-19-20)9-2-1-5-16-7-9/h3-4,6,8-9,13,16H,1-2,5,7H2/t9-,13+/m0/s1. The molecule has 1 saturated heterocycles. The average Bonchev–Trinajstić information content (AvgIpc) is 2.97. The van der Waals surface area contributed by atoms with Crippen LogP contribution in [0.15, 0.2) is 24.5 Å². The van der Waals surface area contributed by atoms with Gasteiger partial charge in [0.25, 0.3) is 0 Å². The summed E-state index contributed by atoms with van der Waals surface area (Å²) in [6.45, 7) is 1.71. The largest absolute Gasteiger partial charge is 0.316 e. The molecular formula is C13H15F2N5. The molecule has 5 nitrogen and oxygen atoms in total. The van der Waals surface area contributed by atoms with Gasteiger partial charge in [0.1, 0.15) is 17.7 Å². The Balaban J connectivity index is 2.00. The predicted molar refractivity (Wildman–Crippen MR) is 67.9 cm³/mol. The van der Waals surface area contributed by atoms with E-state index >= 15 is 0 Å². The van der Waals surface area contributed by atoms with Gasteiger partial charge in [0, 0.05) is 18.2 Å². The number of rotatable bonds is 3. The first-order valence-electron chi connectivity index (χ1n) is 6.64. The molecule has 106 valence electrons. The molecule has 1 fully saturated rings.